The number of hydrogen-bond donors (Lipinski definition) is 6. The van der Waals surface area contributed by atoms with Crippen LogP contribution in [0, 0.1) is 6.92 Å². The van der Waals surface area contributed by atoms with E-state index >= 15 is 0 Å². The van der Waals surface area contributed by atoms with Crippen molar-refractivity contribution in [2.75, 3.05) is 70.3 Å². The number of halogens is 2. The molecule has 4 heterocycles. The third kappa shape index (κ3) is 12.9. The maximum absolute atomic E-state index is 13.6. The number of fused-ring (bicyclic) bond motifs is 1. The van der Waals surface area contributed by atoms with Crippen LogP contribution in [0.1, 0.15) is 63.7 Å². The second kappa shape index (κ2) is 23.6. The molecule has 8 rings (SSSR count). The van der Waals surface area contributed by atoms with Crippen molar-refractivity contribution in [3.63, 3.8) is 0 Å². The van der Waals surface area contributed by atoms with Gasteiger partial charge in [-0.1, -0.05) is 49.4 Å². The zero-order valence-corrected chi connectivity index (χ0v) is 40.8. The number of nitrogens with one attached hydrogen (secondary N) is 4. The van der Waals surface area contributed by atoms with Crippen LogP contribution in [0.15, 0.2) is 103 Å². The number of benzene rings is 3. The Morgan fingerprint density at radius 3 is 2.16 bits per heavy atom. The number of phenols is 1. The number of rotatable bonds is 24. The summed E-state index contributed by atoms with van der Waals surface area (Å²) in [5, 5.41) is 21.0. The molecule has 0 saturated heterocycles. The number of hydrogen-bond acceptors (Lipinski definition) is 14. The third-order valence-corrected chi connectivity index (χ3v) is 12.4. The molecule has 0 radical (unpaired) electrons. The highest BCUT2D eigenvalue weighted by atomic mass is 19.3. The second-order valence-corrected chi connectivity index (χ2v) is 17.5. The van der Waals surface area contributed by atoms with E-state index in [1.54, 1.807) is 79.1 Å². The summed E-state index contributed by atoms with van der Waals surface area (Å²) in [6.07, 6.45) is 1.40. The number of alkyl halides is 2. The highest BCUT2D eigenvalue weighted by Crippen LogP contribution is 2.52. The molecular weight excluding hydrogens is 959 g/mol. The maximum atomic E-state index is 13.6. The molecule has 6 aromatic rings. The lowest BCUT2D eigenvalue weighted by atomic mass is 9.92. The van der Waals surface area contributed by atoms with Crippen molar-refractivity contribution in [2.45, 2.75) is 51.2 Å². The Bertz CT molecular complexity index is 2990. The summed E-state index contributed by atoms with van der Waals surface area (Å²) in [7, 11) is 0. The van der Waals surface area contributed by atoms with Crippen LogP contribution in [0.4, 0.5) is 20.4 Å². The molecule has 0 atom stereocenters. The fraction of sp³-hybridized carbons (Fsp3) is 0.315. The minimum Gasteiger partial charge on any atom is -0.508 e. The van der Waals surface area contributed by atoms with Crippen molar-refractivity contribution in [3.8, 4) is 50.8 Å². The number of nitrogens with zero attached hydrogens (tertiary/aromatic N) is 3. The summed E-state index contributed by atoms with van der Waals surface area (Å²) in [4.78, 5) is 65.1. The summed E-state index contributed by atoms with van der Waals surface area (Å²) in [5.74, 6) is -0.613. The lowest BCUT2D eigenvalue weighted by molar-refractivity contribution is -0.286. The van der Waals surface area contributed by atoms with E-state index in [9.17, 15) is 33.1 Å². The molecule has 7 N–H and O–H groups in total. The lowest BCUT2D eigenvalue weighted by Crippen LogP contribution is -2.35. The number of nitrogen functional groups attached to an aromatic ring is 1. The molecule has 2 aliphatic rings. The molecule has 3 aromatic carbocycles. The van der Waals surface area contributed by atoms with Crippen LogP contribution in [0.2, 0.25) is 0 Å². The summed E-state index contributed by atoms with van der Waals surface area (Å²) in [6.45, 7) is 6.21. The van der Waals surface area contributed by atoms with E-state index < -0.39 is 11.7 Å². The Kier molecular flexibility index (Phi) is 16.7. The van der Waals surface area contributed by atoms with Crippen molar-refractivity contribution in [3.05, 3.63) is 131 Å². The van der Waals surface area contributed by atoms with Gasteiger partial charge in [-0.3, -0.25) is 24.2 Å². The number of carbonyl (C=O) groups is 4. The molecule has 4 amide bonds. The van der Waals surface area contributed by atoms with Crippen LogP contribution < -0.4 is 36.5 Å². The molecule has 1 fully saturated rings. The van der Waals surface area contributed by atoms with Crippen LogP contribution in [0.5, 0.6) is 17.2 Å². The van der Waals surface area contributed by atoms with Gasteiger partial charge >= 0.3 is 6.29 Å². The monoisotopic (exact) mass is 1010 g/mol. The van der Waals surface area contributed by atoms with Crippen molar-refractivity contribution in [1.82, 2.24) is 30.9 Å². The van der Waals surface area contributed by atoms with Gasteiger partial charge in [0.2, 0.25) is 11.8 Å². The van der Waals surface area contributed by atoms with Crippen molar-refractivity contribution in [1.29, 1.82) is 0 Å². The molecule has 74 heavy (non-hydrogen) atoms. The van der Waals surface area contributed by atoms with Crippen molar-refractivity contribution < 1.29 is 56.7 Å². The number of ether oxygens (including phenoxy) is 5. The van der Waals surface area contributed by atoms with Gasteiger partial charge in [0.25, 0.3) is 11.8 Å². The van der Waals surface area contributed by atoms with Gasteiger partial charge in [-0.15, -0.1) is 8.78 Å². The second-order valence-electron chi connectivity index (χ2n) is 17.5. The Labute approximate surface area is 425 Å². The number of carbonyl (C=O) groups excluding carboxylic acids is 4. The van der Waals surface area contributed by atoms with Crippen LogP contribution in [-0.4, -0.2) is 109 Å². The Morgan fingerprint density at radius 2 is 1.43 bits per heavy atom. The van der Waals surface area contributed by atoms with E-state index in [1.165, 1.54) is 12.1 Å². The van der Waals surface area contributed by atoms with Crippen molar-refractivity contribution >= 4 is 35.3 Å². The maximum Gasteiger partial charge on any atom is 0.586 e. The van der Waals surface area contributed by atoms with Gasteiger partial charge in [0.1, 0.15) is 23.1 Å². The molecule has 1 aliphatic carbocycles. The highest BCUT2D eigenvalue weighted by Gasteiger charge is 2.53. The van der Waals surface area contributed by atoms with E-state index in [1.807, 2.05) is 26.0 Å². The molecule has 0 bridgehead atoms. The third-order valence-electron chi connectivity index (χ3n) is 12.4. The number of nitrogens with two attached hydrogens (primary N) is 1. The Hall–Kier alpha value is -8.07. The number of phenolic OH excluding ortho intramolecular Hbond substituents is 1. The van der Waals surface area contributed by atoms with E-state index in [0.717, 1.165) is 33.4 Å². The van der Waals surface area contributed by atoms with Gasteiger partial charge in [0, 0.05) is 66.3 Å². The van der Waals surface area contributed by atoms with E-state index in [-0.39, 0.29) is 92.4 Å². The first-order valence-corrected chi connectivity index (χ1v) is 24.1. The number of aromatic hydroxyl groups is 1. The number of aryl methyl sites for hydroxylation is 1. The first kappa shape index (κ1) is 52.3. The zero-order chi connectivity index (χ0) is 52.2. The molecule has 1 saturated carbocycles. The SMILES string of the molecule is CCc1c(-c2ccc(C(=O)NCCNC(=O)CCOCCOCCOCCNC(=O)c3cccc(-c4nc(NC(=O)C5(c6ccc7c(c6)OC(F)(F)O7)CC5)ccc4C)c3)nc2)cnc(N)c1-c1ccc(O)cc1. The topological polar surface area (TPSA) is 247 Å². The van der Waals surface area contributed by atoms with E-state index in [2.05, 4.69) is 40.7 Å². The van der Waals surface area contributed by atoms with Gasteiger partial charge in [-0.2, -0.15) is 0 Å². The molecule has 18 nitrogen and oxygen atoms in total. The van der Waals surface area contributed by atoms with Gasteiger partial charge in [-0.05, 0) is 97.0 Å². The Balaban J connectivity index is 0.660. The summed E-state index contributed by atoms with van der Waals surface area (Å²) in [6, 6.07) is 25.1. The van der Waals surface area contributed by atoms with Crippen LogP contribution in [0.25, 0.3) is 33.5 Å². The van der Waals surface area contributed by atoms with Crippen molar-refractivity contribution in [2.24, 2.45) is 0 Å². The molecule has 0 unspecified atom stereocenters. The molecule has 3 aromatic heterocycles. The first-order valence-electron chi connectivity index (χ1n) is 24.1. The fourth-order valence-electron chi connectivity index (χ4n) is 8.37. The number of anilines is 2. The molecular formula is C54H56F2N8O10. The van der Waals surface area contributed by atoms with Gasteiger partial charge < -0.3 is 55.8 Å². The van der Waals surface area contributed by atoms with Crippen LogP contribution >= 0.6 is 0 Å². The fourth-order valence-corrected chi connectivity index (χ4v) is 8.37. The minimum absolute atomic E-state index is 0.0906. The average Bonchev–Trinajstić information content (AvgIpc) is 4.15. The molecule has 386 valence electrons. The summed E-state index contributed by atoms with van der Waals surface area (Å²) < 4.78 is 52.9. The van der Waals surface area contributed by atoms with Crippen LogP contribution in [-0.2, 0) is 35.6 Å². The van der Waals surface area contributed by atoms with Gasteiger partial charge in [0.05, 0.1) is 50.8 Å². The van der Waals surface area contributed by atoms with Gasteiger partial charge in [-0.25, -0.2) is 9.97 Å². The normalized spacial score (nSPS) is 13.7. The molecule has 1 aliphatic heterocycles. The number of amides is 4. The van der Waals surface area contributed by atoms with E-state index in [0.29, 0.717) is 73.1 Å². The summed E-state index contributed by atoms with van der Waals surface area (Å²) >= 11 is 0. The zero-order valence-electron chi connectivity index (χ0n) is 40.8. The van der Waals surface area contributed by atoms with Gasteiger partial charge in [0.15, 0.2) is 11.5 Å². The standard InChI is InChI=1S/C54H56F2N8O10/c1-3-40-41(32-62-49(57)47(40)34-8-12-39(65)13-9-34)37-10-14-42(61-31-37)51(68)59-21-20-58-46(66)17-23-70-25-27-72-28-26-71-24-22-60-50(67)36-6-4-5-35(29-36)48-33(2)7-16-45(63-48)64-52(69)53(18-19-53)38-11-15-43-44(30-38)74-54(55,56)73-43/h4-16,29-32,65H,3,17-28H2,1-2H3,(H2,57,62)(H,58,66)(H,59,68)(H,60,67)(H,63,64,69). The average molecular weight is 1020 g/mol. The molecule has 0 spiro atoms. The highest BCUT2D eigenvalue weighted by molar-refractivity contribution is 6.01. The lowest BCUT2D eigenvalue weighted by Gasteiger charge is -2.17. The quantitative estimate of drug-likeness (QED) is 0.0344. The number of aromatic nitrogens is 3. The van der Waals surface area contributed by atoms with Crippen LogP contribution in [0.3, 0.4) is 0 Å². The Morgan fingerprint density at radius 1 is 0.730 bits per heavy atom. The predicted molar refractivity (Wildman–Crippen MR) is 270 cm³/mol. The summed E-state index contributed by atoms with van der Waals surface area (Å²) in [5.41, 5.74) is 12.8. The molecule has 20 heteroatoms. The first-order chi connectivity index (χ1) is 35.7. The number of pyridine rings is 3. The largest absolute Gasteiger partial charge is 0.586 e. The minimum atomic E-state index is -3.76. The smallest absolute Gasteiger partial charge is 0.508 e. The van der Waals surface area contributed by atoms with E-state index in [4.69, 9.17) is 24.9 Å². The predicted octanol–water partition coefficient (Wildman–Crippen LogP) is 6.74.